The van der Waals surface area contributed by atoms with Crippen LogP contribution in [0.15, 0.2) is 6.20 Å². The summed E-state index contributed by atoms with van der Waals surface area (Å²) in [5, 5.41) is 0. The van der Waals surface area contributed by atoms with Crippen LogP contribution in [0.2, 0.25) is 0 Å². The summed E-state index contributed by atoms with van der Waals surface area (Å²) in [5.41, 5.74) is 1.22. The molecule has 0 amide bonds. The number of H-pyrrole nitrogens is 1. The number of hydrogen-bond donors (Lipinski definition) is 1. The highest BCUT2D eigenvalue weighted by atomic mass is 32.2. The topological polar surface area (TPSA) is 20.7 Å². The van der Waals surface area contributed by atoms with Gasteiger partial charge in [-0.2, -0.15) is 11.8 Å². The van der Waals surface area contributed by atoms with E-state index in [0.29, 0.717) is 6.04 Å². The van der Waals surface area contributed by atoms with E-state index in [4.69, 9.17) is 12.2 Å². The molecule has 0 saturated heterocycles. The zero-order valence-corrected chi connectivity index (χ0v) is 9.97. The lowest BCUT2D eigenvalue weighted by Gasteiger charge is -2.14. The summed E-state index contributed by atoms with van der Waals surface area (Å²) in [6.45, 7) is 4.30. The molecule has 1 rings (SSSR count). The summed E-state index contributed by atoms with van der Waals surface area (Å²) in [5.74, 6) is 1.19. The maximum atomic E-state index is 5.20. The van der Waals surface area contributed by atoms with Crippen molar-refractivity contribution in [2.75, 3.05) is 12.0 Å². The highest BCUT2D eigenvalue weighted by molar-refractivity contribution is 7.98. The van der Waals surface area contributed by atoms with E-state index >= 15 is 0 Å². The predicted molar refractivity (Wildman–Crippen MR) is 62.1 cm³/mol. The lowest BCUT2D eigenvalue weighted by atomic mass is 10.2. The van der Waals surface area contributed by atoms with Crippen LogP contribution in [0, 0.1) is 11.7 Å². The fourth-order valence-electron chi connectivity index (χ4n) is 1.43. The quantitative estimate of drug-likeness (QED) is 0.780. The van der Waals surface area contributed by atoms with Gasteiger partial charge in [-0.25, -0.2) is 0 Å². The van der Waals surface area contributed by atoms with Crippen molar-refractivity contribution in [3.8, 4) is 0 Å². The first-order valence-corrected chi connectivity index (χ1v) is 6.22. The van der Waals surface area contributed by atoms with E-state index < -0.39 is 0 Å². The molecule has 4 heteroatoms. The minimum Gasteiger partial charge on any atom is -0.337 e. The van der Waals surface area contributed by atoms with Gasteiger partial charge < -0.3 is 9.55 Å². The molecule has 0 aliphatic carbocycles. The van der Waals surface area contributed by atoms with Crippen LogP contribution in [0.4, 0.5) is 0 Å². The average Bonchev–Trinajstić information content (AvgIpc) is 2.42. The molecule has 1 aromatic rings. The van der Waals surface area contributed by atoms with Gasteiger partial charge in [0.1, 0.15) is 0 Å². The van der Waals surface area contributed by atoms with Crippen molar-refractivity contribution < 1.29 is 0 Å². The Morgan fingerprint density at radius 1 is 1.69 bits per heavy atom. The maximum Gasteiger partial charge on any atom is 0.177 e. The van der Waals surface area contributed by atoms with Crippen LogP contribution < -0.4 is 0 Å². The number of nitrogens with one attached hydrogen (secondary N) is 1. The van der Waals surface area contributed by atoms with Crippen molar-refractivity contribution in [3.63, 3.8) is 0 Å². The normalized spacial score (nSPS) is 13.2. The van der Waals surface area contributed by atoms with Gasteiger partial charge in [-0.3, -0.25) is 0 Å². The highest BCUT2D eigenvalue weighted by Crippen LogP contribution is 2.16. The maximum absolute atomic E-state index is 5.20. The van der Waals surface area contributed by atoms with Gasteiger partial charge >= 0.3 is 0 Å². The molecule has 0 aromatic carbocycles. The van der Waals surface area contributed by atoms with Gasteiger partial charge in [0.2, 0.25) is 0 Å². The Balaban J connectivity index is 2.75. The van der Waals surface area contributed by atoms with Crippen molar-refractivity contribution in [1.29, 1.82) is 0 Å². The molecular formula is C9H16N2S2. The number of hydrogen-bond acceptors (Lipinski definition) is 2. The van der Waals surface area contributed by atoms with Gasteiger partial charge in [0.25, 0.3) is 0 Å². The van der Waals surface area contributed by atoms with Crippen molar-refractivity contribution in [3.05, 3.63) is 16.7 Å². The Morgan fingerprint density at radius 2 is 2.38 bits per heavy atom. The standard InChI is InChI=1S/C9H16N2S2/c1-7(4-5-13-3)11-8(2)6-10-9(11)12/h6-7H,4-5H2,1-3H3,(H,10,12). The van der Waals surface area contributed by atoms with Crippen LogP contribution in [0.1, 0.15) is 25.1 Å². The van der Waals surface area contributed by atoms with Crippen molar-refractivity contribution >= 4 is 24.0 Å². The number of thioether (sulfide) groups is 1. The molecule has 0 radical (unpaired) electrons. The van der Waals surface area contributed by atoms with Crippen LogP contribution in [0.25, 0.3) is 0 Å². The van der Waals surface area contributed by atoms with E-state index in [-0.39, 0.29) is 0 Å². The lowest BCUT2D eigenvalue weighted by molar-refractivity contribution is 0.518. The van der Waals surface area contributed by atoms with Crippen molar-refractivity contribution in [2.45, 2.75) is 26.3 Å². The fourth-order valence-corrected chi connectivity index (χ4v) is 2.39. The van der Waals surface area contributed by atoms with Crippen molar-refractivity contribution in [2.24, 2.45) is 0 Å². The Morgan fingerprint density at radius 3 is 2.85 bits per heavy atom. The molecule has 74 valence electrons. The van der Waals surface area contributed by atoms with E-state index in [1.807, 2.05) is 18.0 Å². The molecule has 1 aromatic heterocycles. The summed E-state index contributed by atoms with van der Waals surface area (Å²) in [6, 6.07) is 0.506. The average molecular weight is 216 g/mol. The number of rotatable bonds is 4. The molecule has 2 nitrogen and oxygen atoms in total. The highest BCUT2D eigenvalue weighted by Gasteiger charge is 2.07. The number of imidazole rings is 1. The zero-order chi connectivity index (χ0) is 9.84. The molecule has 1 atom stereocenters. The van der Waals surface area contributed by atoms with E-state index in [9.17, 15) is 0 Å². The fraction of sp³-hybridized carbons (Fsp3) is 0.667. The number of aromatic amines is 1. The molecule has 0 fully saturated rings. The third-order valence-electron chi connectivity index (χ3n) is 2.18. The molecule has 0 spiro atoms. The SMILES string of the molecule is CSCCC(C)n1c(C)c[nH]c1=S. The van der Waals surface area contributed by atoms with Gasteiger partial charge in [-0.1, -0.05) is 0 Å². The molecule has 0 saturated carbocycles. The number of aromatic nitrogens is 2. The first kappa shape index (κ1) is 10.9. The molecule has 13 heavy (non-hydrogen) atoms. The second-order valence-corrected chi connectivity index (χ2v) is 4.61. The number of nitrogens with zero attached hydrogens (tertiary/aromatic N) is 1. The summed E-state index contributed by atoms with van der Waals surface area (Å²) in [7, 11) is 0. The smallest absolute Gasteiger partial charge is 0.177 e. The largest absolute Gasteiger partial charge is 0.337 e. The van der Waals surface area contributed by atoms with Crippen molar-refractivity contribution in [1.82, 2.24) is 9.55 Å². The summed E-state index contributed by atoms with van der Waals surface area (Å²) in [6.07, 6.45) is 5.28. The van der Waals surface area contributed by atoms with Gasteiger partial charge in [0.15, 0.2) is 4.77 Å². The molecule has 0 aliphatic heterocycles. The number of aryl methyl sites for hydroxylation is 1. The summed E-state index contributed by atoms with van der Waals surface area (Å²) >= 11 is 7.08. The van der Waals surface area contributed by atoms with Crippen LogP contribution in [0.5, 0.6) is 0 Å². The van der Waals surface area contributed by atoms with Gasteiger partial charge in [-0.05, 0) is 44.5 Å². The van der Waals surface area contributed by atoms with Crippen LogP contribution in [0.3, 0.4) is 0 Å². The first-order chi connectivity index (χ1) is 6.16. The van der Waals surface area contributed by atoms with Crippen LogP contribution >= 0.6 is 24.0 Å². The van der Waals surface area contributed by atoms with Crippen LogP contribution in [-0.4, -0.2) is 21.6 Å². The Bertz CT molecular complexity index is 314. The van der Waals surface area contributed by atoms with Gasteiger partial charge in [0.05, 0.1) is 0 Å². The first-order valence-electron chi connectivity index (χ1n) is 4.42. The van der Waals surface area contributed by atoms with E-state index in [0.717, 1.165) is 4.77 Å². The molecule has 0 aliphatic rings. The molecule has 1 heterocycles. The minimum atomic E-state index is 0.506. The Kier molecular flexibility index (Phi) is 4.06. The molecule has 1 unspecified atom stereocenters. The van der Waals surface area contributed by atoms with E-state index in [1.165, 1.54) is 17.9 Å². The monoisotopic (exact) mass is 216 g/mol. The van der Waals surface area contributed by atoms with Gasteiger partial charge in [0, 0.05) is 17.9 Å². The third kappa shape index (κ3) is 2.61. The predicted octanol–water partition coefficient (Wildman–Crippen LogP) is 3.17. The van der Waals surface area contributed by atoms with Crippen LogP contribution in [-0.2, 0) is 0 Å². The second-order valence-electron chi connectivity index (χ2n) is 3.24. The lowest BCUT2D eigenvalue weighted by Crippen LogP contribution is -2.07. The molecule has 1 N–H and O–H groups in total. The molecular weight excluding hydrogens is 200 g/mol. The second kappa shape index (κ2) is 4.86. The van der Waals surface area contributed by atoms with E-state index in [2.05, 4.69) is 29.7 Å². The van der Waals surface area contributed by atoms with Gasteiger partial charge in [-0.15, -0.1) is 0 Å². The third-order valence-corrected chi connectivity index (χ3v) is 3.14. The minimum absolute atomic E-state index is 0.506. The van der Waals surface area contributed by atoms with E-state index in [1.54, 1.807) is 0 Å². The molecule has 0 bridgehead atoms. The summed E-state index contributed by atoms with van der Waals surface area (Å²) < 4.78 is 3.03. The summed E-state index contributed by atoms with van der Waals surface area (Å²) in [4.78, 5) is 3.07. The Hall–Kier alpha value is -0.220. The Labute approximate surface area is 88.7 Å². The zero-order valence-electron chi connectivity index (χ0n) is 8.33.